The summed E-state index contributed by atoms with van der Waals surface area (Å²) in [4.78, 5) is 38.2. The quantitative estimate of drug-likeness (QED) is 0.463. The number of amides is 3. The molecule has 3 rings (SSSR count). The monoisotopic (exact) mass is 510 g/mol. The van der Waals surface area contributed by atoms with Gasteiger partial charge in [0.25, 0.3) is 11.8 Å². The van der Waals surface area contributed by atoms with Gasteiger partial charge in [-0.05, 0) is 63.2 Å². The first-order valence-corrected chi connectivity index (χ1v) is 11.7. The zero-order valence-corrected chi connectivity index (χ0v) is 20.9. The molecule has 0 saturated carbocycles. The normalized spacial score (nSPS) is 15.1. The molecule has 2 aromatic rings. The number of ether oxygens (including phenoxy) is 3. The van der Waals surface area contributed by atoms with E-state index in [9.17, 15) is 14.4 Å². The van der Waals surface area contributed by atoms with E-state index >= 15 is 0 Å². The number of imide groups is 1. The molecule has 11 heteroatoms. The molecule has 196 valence electrons. The van der Waals surface area contributed by atoms with E-state index in [0.29, 0.717) is 34.9 Å². The minimum Gasteiger partial charge on any atom is -0.484 e. The van der Waals surface area contributed by atoms with Gasteiger partial charge in [-0.3, -0.25) is 9.59 Å². The van der Waals surface area contributed by atoms with Gasteiger partial charge in [-0.15, -0.1) is 0 Å². The maximum atomic E-state index is 12.6. The molecule has 0 spiro atoms. The first-order chi connectivity index (χ1) is 17.6. The van der Waals surface area contributed by atoms with Gasteiger partial charge in [0.05, 0.1) is 29.6 Å². The SMILES string of the molecule is CC(C)(C)OC(=O)N1CCC(Oc2ccc(OCC(=O)Nc3cc(C#N)ccc3NCCO)cc2)C1=O. The van der Waals surface area contributed by atoms with Crippen molar-refractivity contribution in [3.05, 3.63) is 48.0 Å². The number of carbonyl (C=O) groups excluding carboxylic acids is 3. The Hall–Kier alpha value is -4.30. The third-order valence-corrected chi connectivity index (χ3v) is 5.09. The summed E-state index contributed by atoms with van der Waals surface area (Å²) >= 11 is 0. The number of hydrogen-bond donors (Lipinski definition) is 3. The Morgan fingerprint density at radius 3 is 2.49 bits per heavy atom. The molecule has 0 aromatic heterocycles. The molecule has 1 atom stereocenters. The molecule has 1 aliphatic heterocycles. The number of carbonyl (C=O) groups is 3. The molecule has 1 saturated heterocycles. The number of nitrogens with one attached hydrogen (secondary N) is 2. The van der Waals surface area contributed by atoms with Gasteiger partial charge in [0.1, 0.15) is 17.1 Å². The molecule has 3 amide bonds. The Balaban J connectivity index is 1.52. The summed E-state index contributed by atoms with van der Waals surface area (Å²) in [5.74, 6) is -0.0880. The van der Waals surface area contributed by atoms with E-state index < -0.39 is 29.6 Å². The van der Waals surface area contributed by atoms with Crippen LogP contribution in [0.15, 0.2) is 42.5 Å². The number of nitriles is 1. The predicted molar refractivity (Wildman–Crippen MR) is 134 cm³/mol. The Labute approximate surface area is 214 Å². The number of hydrogen-bond acceptors (Lipinski definition) is 9. The van der Waals surface area contributed by atoms with Crippen molar-refractivity contribution in [2.45, 2.75) is 38.9 Å². The van der Waals surface area contributed by atoms with Gasteiger partial charge >= 0.3 is 6.09 Å². The third kappa shape index (κ3) is 7.85. The zero-order chi connectivity index (χ0) is 27.0. The molecule has 1 heterocycles. The lowest BCUT2D eigenvalue weighted by Gasteiger charge is -2.23. The minimum absolute atomic E-state index is 0.0902. The Morgan fingerprint density at radius 1 is 1.14 bits per heavy atom. The van der Waals surface area contributed by atoms with Gasteiger partial charge < -0.3 is 30.0 Å². The van der Waals surface area contributed by atoms with Gasteiger partial charge in [0.2, 0.25) is 0 Å². The lowest BCUT2D eigenvalue weighted by molar-refractivity contribution is -0.132. The summed E-state index contributed by atoms with van der Waals surface area (Å²) in [5, 5.41) is 23.8. The van der Waals surface area contributed by atoms with Gasteiger partial charge in [0, 0.05) is 19.5 Å². The fraction of sp³-hybridized carbons (Fsp3) is 0.385. The maximum absolute atomic E-state index is 12.6. The third-order valence-electron chi connectivity index (χ3n) is 5.09. The fourth-order valence-electron chi connectivity index (χ4n) is 3.44. The molecular weight excluding hydrogens is 480 g/mol. The van der Waals surface area contributed by atoms with E-state index in [1.807, 2.05) is 6.07 Å². The van der Waals surface area contributed by atoms with Crippen molar-refractivity contribution < 1.29 is 33.7 Å². The highest BCUT2D eigenvalue weighted by Gasteiger charge is 2.39. The van der Waals surface area contributed by atoms with Crippen molar-refractivity contribution >= 4 is 29.3 Å². The van der Waals surface area contributed by atoms with E-state index in [0.717, 1.165) is 4.90 Å². The van der Waals surface area contributed by atoms with Crippen LogP contribution in [0, 0.1) is 11.3 Å². The maximum Gasteiger partial charge on any atom is 0.417 e. The van der Waals surface area contributed by atoms with Gasteiger partial charge in [0.15, 0.2) is 12.7 Å². The standard InChI is InChI=1S/C26H30N4O7/c1-26(2,3)37-25(34)30-12-10-22(24(30)33)36-19-7-5-18(6-8-19)35-16-23(32)29-21-14-17(15-27)4-9-20(21)28-11-13-31/h4-9,14,22,28,31H,10-13,16H2,1-3H3,(H,29,32). The second-order valence-corrected chi connectivity index (χ2v) is 9.20. The van der Waals surface area contributed by atoms with Crippen molar-refractivity contribution in [3.63, 3.8) is 0 Å². The van der Waals surface area contributed by atoms with E-state index in [4.69, 9.17) is 24.6 Å². The number of aliphatic hydroxyl groups excluding tert-OH is 1. The van der Waals surface area contributed by atoms with Crippen LogP contribution in [-0.4, -0.2) is 65.9 Å². The van der Waals surface area contributed by atoms with Crippen LogP contribution < -0.4 is 20.1 Å². The number of benzene rings is 2. The Bertz CT molecular complexity index is 1170. The average Bonchev–Trinajstić information content (AvgIpc) is 3.21. The minimum atomic E-state index is -0.803. The number of likely N-dealkylation sites (tertiary alicyclic amines) is 1. The van der Waals surface area contributed by atoms with E-state index in [-0.39, 0.29) is 26.3 Å². The van der Waals surface area contributed by atoms with E-state index in [2.05, 4.69) is 10.6 Å². The van der Waals surface area contributed by atoms with Crippen LogP contribution in [0.1, 0.15) is 32.8 Å². The predicted octanol–water partition coefficient (Wildman–Crippen LogP) is 2.89. The molecule has 3 N–H and O–H groups in total. The second kappa shape index (κ2) is 12.1. The van der Waals surface area contributed by atoms with E-state index in [1.54, 1.807) is 57.2 Å². The topological polar surface area (TPSA) is 150 Å². The molecule has 0 bridgehead atoms. The highest BCUT2D eigenvalue weighted by molar-refractivity contribution is 5.96. The summed E-state index contributed by atoms with van der Waals surface area (Å²) in [5.41, 5.74) is 0.625. The number of aliphatic hydroxyl groups is 1. The van der Waals surface area contributed by atoms with Gasteiger partial charge in [-0.25, -0.2) is 9.69 Å². The number of nitrogens with zero attached hydrogens (tertiary/aromatic N) is 2. The highest BCUT2D eigenvalue weighted by Crippen LogP contribution is 2.25. The number of rotatable bonds is 9. The van der Waals surface area contributed by atoms with Gasteiger partial charge in [-0.1, -0.05) is 0 Å². The molecule has 1 aliphatic rings. The smallest absolute Gasteiger partial charge is 0.417 e. The summed E-state index contributed by atoms with van der Waals surface area (Å²) in [7, 11) is 0. The van der Waals surface area contributed by atoms with Crippen molar-refractivity contribution in [1.82, 2.24) is 4.90 Å². The van der Waals surface area contributed by atoms with Crippen LogP contribution in [0.4, 0.5) is 16.2 Å². The molecule has 0 aliphatic carbocycles. The molecule has 0 radical (unpaired) electrons. The summed E-state index contributed by atoms with van der Waals surface area (Å²) in [6.07, 6.45) is -1.15. The van der Waals surface area contributed by atoms with Crippen LogP contribution in [0.2, 0.25) is 0 Å². The molecule has 1 fully saturated rings. The zero-order valence-electron chi connectivity index (χ0n) is 20.9. The average molecular weight is 511 g/mol. The Kier molecular flexibility index (Phi) is 8.92. The summed E-state index contributed by atoms with van der Waals surface area (Å²) in [6, 6.07) is 13.2. The van der Waals surface area contributed by atoms with Crippen LogP contribution in [0.25, 0.3) is 0 Å². The highest BCUT2D eigenvalue weighted by atomic mass is 16.6. The van der Waals surface area contributed by atoms with Crippen LogP contribution in [0.5, 0.6) is 11.5 Å². The van der Waals surface area contributed by atoms with Crippen LogP contribution in [-0.2, 0) is 14.3 Å². The first-order valence-electron chi connectivity index (χ1n) is 11.7. The van der Waals surface area contributed by atoms with Crippen LogP contribution in [0.3, 0.4) is 0 Å². The first kappa shape index (κ1) is 27.3. The molecular formula is C26H30N4O7. The second-order valence-electron chi connectivity index (χ2n) is 9.20. The summed E-state index contributed by atoms with van der Waals surface area (Å²) < 4.78 is 16.5. The van der Waals surface area contributed by atoms with Crippen molar-refractivity contribution in [1.29, 1.82) is 5.26 Å². The van der Waals surface area contributed by atoms with Crippen molar-refractivity contribution in [3.8, 4) is 17.6 Å². The van der Waals surface area contributed by atoms with Crippen molar-refractivity contribution in [2.24, 2.45) is 0 Å². The number of anilines is 2. The van der Waals surface area contributed by atoms with Crippen molar-refractivity contribution in [2.75, 3.05) is 36.9 Å². The van der Waals surface area contributed by atoms with Crippen LogP contribution >= 0.6 is 0 Å². The molecule has 2 aromatic carbocycles. The van der Waals surface area contributed by atoms with E-state index in [1.165, 1.54) is 6.07 Å². The lowest BCUT2D eigenvalue weighted by Crippen LogP contribution is -2.40. The Morgan fingerprint density at radius 2 is 1.84 bits per heavy atom. The fourth-order valence-corrected chi connectivity index (χ4v) is 3.44. The van der Waals surface area contributed by atoms with Gasteiger partial charge in [-0.2, -0.15) is 5.26 Å². The lowest BCUT2D eigenvalue weighted by atomic mass is 10.2. The summed E-state index contributed by atoms with van der Waals surface area (Å²) in [6.45, 7) is 5.30. The molecule has 1 unspecified atom stereocenters. The molecule has 37 heavy (non-hydrogen) atoms. The molecule has 11 nitrogen and oxygen atoms in total. The largest absolute Gasteiger partial charge is 0.484 e.